The summed E-state index contributed by atoms with van der Waals surface area (Å²) < 4.78 is 0. The van der Waals surface area contributed by atoms with Crippen LogP contribution >= 0.6 is 35.3 Å². The maximum Gasteiger partial charge on any atom is 0.193 e. The summed E-state index contributed by atoms with van der Waals surface area (Å²) in [5, 5.41) is 5.84. The van der Waals surface area contributed by atoms with Gasteiger partial charge in [0.1, 0.15) is 0 Å². The van der Waals surface area contributed by atoms with Crippen molar-refractivity contribution in [3.8, 4) is 0 Å². The molecule has 28 heavy (non-hydrogen) atoms. The molecule has 0 spiro atoms. The Morgan fingerprint density at radius 3 is 2.61 bits per heavy atom. The highest BCUT2D eigenvalue weighted by atomic mass is 127. The molecule has 1 saturated heterocycles. The number of rotatable bonds is 4. The Labute approximate surface area is 190 Å². The molecular formula is C22H31IN4S. The zero-order valence-electron chi connectivity index (χ0n) is 16.6. The second kappa shape index (κ2) is 10.6. The van der Waals surface area contributed by atoms with E-state index in [0.717, 1.165) is 44.5 Å². The zero-order valence-corrected chi connectivity index (χ0v) is 19.8. The van der Waals surface area contributed by atoms with Crippen molar-refractivity contribution in [2.75, 3.05) is 33.2 Å². The lowest BCUT2D eigenvalue weighted by molar-refractivity contribution is 0.178. The Bertz CT molecular complexity index is 754. The van der Waals surface area contributed by atoms with Gasteiger partial charge >= 0.3 is 0 Å². The number of nitrogens with one attached hydrogen (secondary N) is 1. The lowest BCUT2D eigenvalue weighted by Gasteiger charge is -2.34. The maximum absolute atomic E-state index is 4.56. The van der Waals surface area contributed by atoms with E-state index >= 15 is 0 Å². The van der Waals surface area contributed by atoms with Gasteiger partial charge in [-0.3, -0.25) is 9.89 Å². The van der Waals surface area contributed by atoms with Crippen molar-refractivity contribution in [3.05, 3.63) is 57.8 Å². The van der Waals surface area contributed by atoms with E-state index in [1.165, 1.54) is 41.9 Å². The Morgan fingerprint density at radius 2 is 1.89 bits per heavy atom. The summed E-state index contributed by atoms with van der Waals surface area (Å²) in [6.07, 6.45) is 3.66. The molecule has 6 heteroatoms. The second-order valence-corrected chi connectivity index (χ2v) is 8.70. The van der Waals surface area contributed by atoms with Crippen molar-refractivity contribution in [1.82, 2.24) is 15.1 Å². The Kier molecular flexibility index (Phi) is 8.17. The van der Waals surface area contributed by atoms with Crippen LogP contribution in [-0.2, 0) is 19.5 Å². The van der Waals surface area contributed by atoms with Gasteiger partial charge in [-0.1, -0.05) is 30.3 Å². The quantitative estimate of drug-likeness (QED) is 0.380. The number of likely N-dealkylation sites (tertiary alicyclic amines) is 1. The van der Waals surface area contributed by atoms with Crippen LogP contribution in [-0.4, -0.2) is 49.0 Å². The lowest BCUT2D eigenvalue weighted by Crippen LogP contribution is -2.46. The van der Waals surface area contributed by atoms with Gasteiger partial charge in [-0.25, -0.2) is 0 Å². The van der Waals surface area contributed by atoms with Crippen LogP contribution in [0.1, 0.15) is 28.8 Å². The smallest absolute Gasteiger partial charge is 0.193 e. The van der Waals surface area contributed by atoms with Crippen molar-refractivity contribution in [2.24, 2.45) is 10.9 Å². The van der Waals surface area contributed by atoms with Crippen molar-refractivity contribution in [3.63, 3.8) is 0 Å². The molecular weight excluding hydrogens is 479 g/mol. The van der Waals surface area contributed by atoms with Crippen molar-refractivity contribution >= 4 is 41.3 Å². The average Bonchev–Trinajstić information content (AvgIpc) is 3.22. The highest BCUT2D eigenvalue weighted by Crippen LogP contribution is 2.21. The summed E-state index contributed by atoms with van der Waals surface area (Å²) in [6, 6.07) is 13.2. The minimum atomic E-state index is 0. The van der Waals surface area contributed by atoms with Crippen molar-refractivity contribution in [1.29, 1.82) is 0 Å². The summed E-state index contributed by atoms with van der Waals surface area (Å²) in [6.45, 7) is 6.59. The first kappa shape index (κ1) is 21.6. The summed E-state index contributed by atoms with van der Waals surface area (Å²) in [7, 11) is 1.91. The third-order valence-electron chi connectivity index (χ3n) is 5.86. The number of piperidine rings is 1. The fraction of sp³-hybridized carbons (Fsp3) is 0.500. The SMILES string of the molecule is CN=C(NCC1CCN(Cc2cccs2)CC1)N1CCc2ccccc2C1.I. The molecule has 0 amide bonds. The minimum absolute atomic E-state index is 0. The Morgan fingerprint density at radius 1 is 1.11 bits per heavy atom. The van der Waals surface area contributed by atoms with Gasteiger partial charge in [-0.15, -0.1) is 35.3 Å². The average molecular weight is 510 g/mol. The van der Waals surface area contributed by atoms with Gasteiger partial charge in [0.05, 0.1) is 0 Å². The molecule has 2 aromatic rings. The zero-order chi connectivity index (χ0) is 18.5. The van der Waals surface area contributed by atoms with Gasteiger partial charge < -0.3 is 10.2 Å². The van der Waals surface area contributed by atoms with Crippen LogP contribution in [0.3, 0.4) is 0 Å². The molecule has 1 N–H and O–H groups in total. The lowest BCUT2D eigenvalue weighted by atomic mass is 9.96. The van der Waals surface area contributed by atoms with Crippen molar-refractivity contribution < 1.29 is 0 Å². The summed E-state index contributed by atoms with van der Waals surface area (Å²) >= 11 is 1.87. The van der Waals surface area contributed by atoms with Crippen LogP contribution in [0.5, 0.6) is 0 Å². The Balaban J connectivity index is 0.00000225. The van der Waals surface area contributed by atoms with Gasteiger partial charge in [-0.2, -0.15) is 0 Å². The molecule has 0 unspecified atom stereocenters. The highest BCUT2D eigenvalue weighted by molar-refractivity contribution is 14.0. The minimum Gasteiger partial charge on any atom is -0.356 e. The number of guanidine groups is 1. The number of fused-ring (bicyclic) bond motifs is 1. The summed E-state index contributed by atoms with van der Waals surface area (Å²) in [4.78, 5) is 11.0. The third kappa shape index (κ3) is 5.48. The number of hydrogen-bond donors (Lipinski definition) is 1. The van der Waals surface area contributed by atoms with Crippen LogP contribution in [0.15, 0.2) is 46.8 Å². The summed E-state index contributed by atoms with van der Waals surface area (Å²) in [5.74, 6) is 1.81. The molecule has 4 nitrogen and oxygen atoms in total. The summed E-state index contributed by atoms with van der Waals surface area (Å²) in [5.41, 5.74) is 2.93. The van der Waals surface area contributed by atoms with E-state index in [2.05, 4.69) is 61.9 Å². The predicted molar refractivity (Wildman–Crippen MR) is 130 cm³/mol. The van der Waals surface area contributed by atoms with Gasteiger partial charge in [0.15, 0.2) is 5.96 Å². The number of thiophene rings is 1. The molecule has 2 aliphatic heterocycles. The topological polar surface area (TPSA) is 30.9 Å². The molecule has 0 aliphatic carbocycles. The first-order valence-electron chi connectivity index (χ1n) is 10.1. The normalized spacial score (nSPS) is 18.5. The molecule has 3 heterocycles. The van der Waals surface area contributed by atoms with Crippen LogP contribution in [0.25, 0.3) is 0 Å². The monoisotopic (exact) mass is 510 g/mol. The highest BCUT2D eigenvalue weighted by Gasteiger charge is 2.22. The van der Waals surface area contributed by atoms with Gasteiger partial charge in [0.25, 0.3) is 0 Å². The second-order valence-electron chi connectivity index (χ2n) is 7.67. The molecule has 1 aromatic heterocycles. The number of halogens is 1. The number of benzene rings is 1. The molecule has 1 fully saturated rings. The third-order valence-corrected chi connectivity index (χ3v) is 6.72. The van der Waals surface area contributed by atoms with Gasteiger partial charge in [0.2, 0.25) is 0 Å². The van der Waals surface area contributed by atoms with Crippen LogP contribution < -0.4 is 5.32 Å². The number of aliphatic imine (C=N–C) groups is 1. The first-order valence-corrected chi connectivity index (χ1v) is 11.0. The van der Waals surface area contributed by atoms with Gasteiger partial charge in [0, 0.05) is 38.1 Å². The first-order chi connectivity index (χ1) is 13.3. The number of hydrogen-bond acceptors (Lipinski definition) is 3. The predicted octanol–water partition coefficient (Wildman–Crippen LogP) is 4.21. The molecule has 0 saturated carbocycles. The molecule has 1 aromatic carbocycles. The van der Waals surface area contributed by atoms with Crippen molar-refractivity contribution in [2.45, 2.75) is 32.4 Å². The molecule has 0 radical (unpaired) electrons. The maximum atomic E-state index is 4.56. The van der Waals surface area contributed by atoms with Gasteiger partial charge in [-0.05, 0) is 60.8 Å². The van der Waals surface area contributed by atoms with Crippen LogP contribution in [0.2, 0.25) is 0 Å². The standard InChI is InChI=1S/C22H30N4S.HI/c1-23-22(26-13-10-19-5-2-3-6-20(19)16-26)24-15-18-8-11-25(12-9-18)17-21-7-4-14-27-21;/h2-7,14,18H,8-13,15-17H2,1H3,(H,23,24);1H. The van der Waals surface area contributed by atoms with E-state index in [4.69, 9.17) is 0 Å². The van der Waals surface area contributed by atoms with E-state index in [9.17, 15) is 0 Å². The molecule has 152 valence electrons. The van der Waals surface area contributed by atoms with E-state index in [1.807, 2.05) is 18.4 Å². The largest absolute Gasteiger partial charge is 0.356 e. The molecule has 0 bridgehead atoms. The van der Waals surface area contributed by atoms with E-state index < -0.39 is 0 Å². The fourth-order valence-electron chi connectivity index (χ4n) is 4.22. The number of nitrogens with zero attached hydrogens (tertiary/aromatic N) is 3. The van der Waals surface area contributed by atoms with E-state index in [-0.39, 0.29) is 24.0 Å². The molecule has 4 rings (SSSR count). The Hall–Kier alpha value is -1.12. The van der Waals surface area contributed by atoms with E-state index in [0.29, 0.717) is 0 Å². The molecule has 2 aliphatic rings. The van der Waals surface area contributed by atoms with Crippen LogP contribution in [0, 0.1) is 5.92 Å². The fourth-order valence-corrected chi connectivity index (χ4v) is 4.96. The molecule has 0 atom stereocenters. The van der Waals surface area contributed by atoms with E-state index in [1.54, 1.807) is 0 Å². The van der Waals surface area contributed by atoms with Crippen LogP contribution in [0.4, 0.5) is 0 Å².